The van der Waals surface area contributed by atoms with Gasteiger partial charge in [-0.1, -0.05) is 25.1 Å². The van der Waals surface area contributed by atoms with Crippen molar-refractivity contribution in [2.75, 3.05) is 0 Å². The number of fused-ring (bicyclic) bond motifs is 1. The topological polar surface area (TPSA) is 43.9 Å². The highest BCUT2D eigenvalue weighted by molar-refractivity contribution is 5.85. The lowest BCUT2D eigenvalue weighted by molar-refractivity contribution is 0.504. The van der Waals surface area contributed by atoms with E-state index in [-0.39, 0.29) is 0 Å². The van der Waals surface area contributed by atoms with E-state index in [1.54, 1.807) is 0 Å². The van der Waals surface area contributed by atoms with E-state index in [1.165, 1.54) is 10.9 Å². The van der Waals surface area contributed by atoms with Crippen LogP contribution in [0, 0.1) is 0 Å². The second kappa shape index (κ2) is 4.53. The summed E-state index contributed by atoms with van der Waals surface area (Å²) in [6.45, 7) is 6.33. The largest absolute Gasteiger partial charge is 0.419 e. The van der Waals surface area contributed by atoms with Crippen molar-refractivity contribution in [3.63, 3.8) is 0 Å². The molecule has 2 aromatic heterocycles. The van der Waals surface area contributed by atoms with Crippen LogP contribution in [0.25, 0.3) is 22.5 Å². The third-order valence-electron chi connectivity index (χ3n) is 3.25. The van der Waals surface area contributed by atoms with Crippen LogP contribution in [0.15, 0.2) is 34.7 Å². The molecule has 0 radical (unpaired) electrons. The van der Waals surface area contributed by atoms with E-state index in [0.717, 1.165) is 12.1 Å². The van der Waals surface area contributed by atoms with Crippen molar-refractivity contribution < 1.29 is 4.42 Å². The summed E-state index contributed by atoms with van der Waals surface area (Å²) in [5.41, 5.74) is 2.19. The average molecular weight is 255 g/mol. The van der Waals surface area contributed by atoms with Crippen LogP contribution in [0.1, 0.15) is 32.7 Å². The molecule has 3 aromatic rings. The molecule has 0 aliphatic rings. The Balaban J connectivity index is 2.24. The maximum absolute atomic E-state index is 5.70. The number of hydrogen-bond donors (Lipinski definition) is 0. The van der Waals surface area contributed by atoms with Gasteiger partial charge in [0.05, 0.1) is 0 Å². The zero-order valence-corrected chi connectivity index (χ0v) is 11.4. The van der Waals surface area contributed by atoms with Gasteiger partial charge >= 0.3 is 0 Å². The first kappa shape index (κ1) is 12.0. The van der Waals surface area contributed by atoms with Gasteiger partial charge in [-0.05, 0) is 26.0 Å². The van der Waals surface area contributed by atoms with Crippen molar-refractivity contribution in [1.82, 2.24) is 14.8 Å². The van der Waals surface area contributed by atoms with E-state index in [2.05, 4.69) is 52.9 Å². The van der Waals surface area contributed by atoms with Crippen molar-refractivity contribution in [3.8, 4) is 11.6 Å². The quantitative estimate of drug-likeness (QED) is 0.714. The molecule has 3 rings (SSSR count). The fourth-order valence-corrected chi connectivity index (χ4v) is 2.40. The van der Waals surface area contributed by atoms with E-state index in [4.69, 9.17) is 4.42 Å². The van der Waals surface area contributed by atoms with E-state index in [9.17, 15) is 0 Å². The average Bonchev–Trinajstić information content (AvgIpc) is 3.02. The summed E-state index contributed by atoms with van der Waals surface area (Å²) < 4.78 is 7.93. The molecule has 4 heteroatoms. The van der Waals surface area contributed by atoms with E-state index < -0.39 is 0 Å². The number of aryl methyl sites for hydroxylation is 1. The molecule has 0 saturated heterocycles. The molecule has 2 heterocycles. The van der Waals surface area contributed by atoms with Gasteiger partial charge < -0.3 is 8.98 Å². The zero-order chi connectivity index (χ0) is 13.4. The van der Waals surface area contributed by atoms with Crippen LogP contribution >= 0.6 is 0 Å². The normalized spacial score (nSPS) is 11.6. The monoisotopic (exact) mass is 255 g/mol. The Bertz CT molecular complexity index is 709. The third-order valence-corrected chi connectivity index (χ3v) is 3.25. The molecule has 0 spiro atoms. The Hall–Kier alpha value is -2.10. The van der Waals surface area contributed by atoms with Crippen LogP contribution in [-0.4, -0.2) is 14.8 Å². The Morgan fingerprint density at radius 3 is 2.68 bits per heavy atom. The fraction of sp³-hybridized carbons (Fsp3) is 0.333. The highest BCUT2D eigenvalue weighted by Gasteiger charge is 2.17. The number of rotatable bonds is 3. The molecule has 0 atom stereocenters. The third kappa shape index (κ3) is 1.93. The summed E-state index contributed by atoms with van der Waals surface area (Å²) >= 11 is 0. The highest BCUT2D eigenvalue weighted by atomic mass is 16.4. The lowest BCUT2D eigenvalue weighted by Gasteiger charge is -2.12. The molecule has 98 valence electrons. The SMILES string of the molecule is CCc1nnc(-c2cc3ccccc3n2C(C)C)o1. The molecule has 0 unspecified atom stereocenters. The lowest BCUT2D eigenvalue weighted by atomic mass is 10.2. The second-order valence-corrected chi connectivity index (χ2v) is 4.91. The number of aromatic nitrogens is 3. The summed E-state index contributed by atoms with van der Waals surface area (Å²) in [7, 11) is 0. The molecule has 0 N–H and O–H groups in total. The van der Waals surface area contributed by atoms with Gasteiger partial charge in [0.1, 0.15) is 5.69 Å². The van der Waals surface area contributed by atoms with Gasteiger partial charge in [0.15, 0.2) is 0 Å². The van der Waals surface area contributed by atoms with Gasteiger partial charge in [0, 0.05) is 23.4 Å². The van der Waals surface area contributed by atoms with Crippen LogP contribution in [0.4, 0.5) is 0 Å². The smallest absolute Gasteiger partial charge is 0.264 e. The summed E-state index contributed by atoms with van der Waals surface area (Å²) in [5.74, 6) is 1.28. The number of hydrogen-bond acceptors (Lipinski definition) is 3. The maximum atomic E-state index is 5.70. The molecule has 4 nitrogen and oxygen atoms in total. The summed E-state index contributed by atoms with van der Waals surface area (Å²) in [4.78, 5) is 0. The summed E-state index contributed by atoms with van der Waals surface area (Å²) in [5, 5.41) is 9.41. The van der Waals surface area contributed by atoms with Crippen molar-refractivity contribution in [2.24, 2.45) is 0 Å². The minimum Gasteiger partial charge on any atom is -0.419 e. The van der Waals surface area contributed by atoms with Gasteiger partial charge in [-0.25, -0.2) is 0 Å². The molecule has 0 bridgehead atoms. The first-order chi connectivity index (χ1) is 9.20. The molecular formula is C15H17N3O. The summed E-state index contributed by atoms with van der Waals surface area (Å²) in [6, 6.07) is 10.8. The Morgan fingerprint density at radius 1 is 1.21 bits per heavy atom. The molecule has 1 aromatic carbocycles. The fourth-order valence-electron chi connectivity index (χ4n) is 2.40. The Morgan fingerprint density at radius 2 is 2.00 bits per heavy atom. The highest BCUT2D eigenvalue weighted by Crippen LogP contribution is 2.30. The van der Waals surface area contributed by atoms with E-state index in [0.29, 0.717) is 17.8 Å². The second-order valence-electron chi connectivity index (χ2n) is 4.91. The Labute approximate surface area is 112 Å². The standard InChI is InChI=1S/C15H17N3O/c1-4-14-16-17-15(19-14)13-9-11-7-5-6-8-12(11)18(13)10(2)3/h5-10H,4H2,1-3H3. The van der Waals surface area contributed by atoms with Gasteiger partial charge in [-0.15, -0.1) is 10.2 Å². The van der Waals surface area contributed by atoms with Gasteiger partial charge in [-0.3, -0.25) is 0 Å². The van der Waals surface area contributed by atoms with Crippen molar-refractivity contribution in [2.45, 2.75) is 33.2 Å². The summed E-state index contributed by atoms with van der Waals surface area (Å²) in [6.07, 6.45) is 0.759. The van der Waals surface area contributed by atoms with Crippen molar-refractivity contribution in [1.29, 1.82) is 0 Å². The molecule has 0 aliphatic heterocycles. The van der Waals surface area contributed by atoms with Crippen molar-refractivity contribution >= 4 is 10.9 Å². The molecule has 0 amide bonds. The first-order valence-corrected chi connectivity index (χ1v) is 6.63. The molecule has 0 saturated carbocycles. The van der Waals surface area contributed by atoms with Crippen LogP contribution < -0.4 is 0 Å². The van der Waals surface area contributed by atoms with Crippen LogP contribution in [-0.2, 0) is 6.42 Å². The van der Waals surface area contributed by atoms with Crippen LogP contribution in [0.3, 0.4) is 0 Å². The van der Waals surface area contributed by atoms with E-state index in [1.807, 2.05) is 13.0 Å². The first-order valence-electron chi connectivity index (χ1n) is 6.63. The zero-order valence-electron chi connectivity index (χ0n) is 11.4. The van der Waals surface area contributed by atoms with Crippen LogP contribution in [0.2, 0.25) is 0 Å². The Kier molecular flexibility index (Phi) is 2.85. The number of benzene rings is 1. The van der Waals surface area contributed by atoms with Gasteiger partial charge in [0.25, 0.3) is 5.89 Å². The minimum atomic E-state index is 0.340. The predicted molar refractivity (Wildman–Crippen MR) is 75.0 cm³/mol. The molecule has 19 heavy (non-hydrogen) atoms. The molecule has 0 aliphatic carbocycles. The number of para-hydroxylation sites is 1. The van der Waals surface area contributed by atoms with Crippen molar-refractivity contribution in [3.05, 3.63) is 36.2 Å². The van der Waals surface area contributed by atoms with Crippen LogP contribution in [0.5, 0.6) is 0 Å². The predicted octanol–water partition coefficient (Wildman–Crippen LogP) is 3.83. The van der Waals surface area contributed by atoms with E-state index >= 15 is 0 Å². The van der Waals surface area contributed by atoms with Gasteiger partial charge in [0.2, 0.25) is 5.89 Å². The number of nitrogens with zero attached hydrogens (tertiary/aromatic N) is 3. The molecular weight excluding hydrogens is 238 g/mol. The molecule has 0 fully saturated rings. The maximum Gasteiger partial charge on any atom is 0.264 e. The minimum absolute atomic E-state index is 0.340. The van der Waals surface area contributed by atoms with Gasteiger partial charge in [-0.2, -0.15) is 0 Å². The lowest BCUT2D eigenvalue weighted by Crippen LogP contribution is -2.02.